The molecule has 0 radical (unpaired) electrons. The summed E-state index contributed by atoms with van der Waals surface area (Å²) >= 11 is -0.303. The number of amides is 1. The lowest BCUT2D eigenvalue weighted by atomic mass is 9.99. The van der Waals surface area contributed by atoms with Crippen molar-refractivity contribution < 1.29 is 9.59 Å². The Morgan fingerprint density at radius 1 is 1.03 bits per heavy atom. The van der Waals surface area contributed by atoms with Gasteiger partial charge in [0.25, 0.3) is 5.91 Å². The standard InChI is InChI=1S/C26H24IN7O2/c1-15-5-6-17(12-22(15)28-26(36)24-11-16(2)32-34(24)4)25(35)18-7-9-20-21(30-31-23(20)13-18)10-8-19-14-33(3)27-29-19/h5-14H,1-4H3,(H,28,36)(H,30,31)/b10-8+. The van der Waals surface area contributed by atoms with Gasteiger partial charge in [0.15, 0.2) is 5.78 Å². The average Bonchev–Trinajstić information content (AvgIpc) is 3.56. The summed E-state index contributed by atoms with van der Waals surface area (Å²) in [7, 11) is 3.75. The van der Waals surface area contributed by atoms with E-state index >= 15 is 0 Å². The molecule has 0 fully saturated rings. The fourth-order valence-corrected chi connectivity index (χ4v) is 5.23. The van der Waals surface area contributed by atoms with Gasteiger partial charge in [-0.3, -0.25) is 19.4 Å². The van der Waals surface area contributed by atoms with Crippen LogP contribution in [0.15, 0.2) is 63.6 Å². The number of benzene rings is 2. The minimum Gasteiger partial charge on any atom is -0.320 e. The van der Waals surface area contributed by atoms with Crippen molar-refractivity contribution in [2.75, 3.05) is 12.4 Å². The normalized spacial score (nSPS) is 13.3. The van der Waals surface area contributed by atoms with E-state index in [0.29, 0.717) is 22.5 Å². The van der Waals surface area contributed by atoms with Gasteiger partial charge in [-0.05, 0) is 55.8 Å². The first-order chi connectivity index (χ1) is 17.3. The third-order valence-electron chi connectivity index (χ3n) is 5.81. The molecule has 1 amide bonds. The Morgan fingerprint density at radius 2 is 1.81 bits per heavy atom. The summed E-state index contributed by atoms with van der Waals surface area (Å²) in [6.07, 6.45) is 5.90. The molecule has 2 N–H and O–H groups in total. The number of carbonyl (C=O) groups excluding carboxylic acids is 2. The number of allylic oxidation sites excluding steroid dienone is 1. The molecule has 1 aliphatic heterocycles. The molecule has 5 rings (SSSR count). The molecular formula is C26H24IN7O2. The molecule has 1 aliphatic rings. The third-order valence-corrected chi connectivity index (χ3v) is 7.55. The predicted octanol–water partition coefficient (Wildman–Crippen LogP) is 5.27. The summed E-state index contributed by atoms with van der Waals surface area (Å²) in [6.45, 7) is 3.72. The Labute approximate surface area is 218 Å². The summed E-state index contributed by atoms with van der Waals surface area (Å²) < 4.78 is 8.17. The van der Waals surface area contributed by atoms with E-state index in [-0.39, 0.29) is 33.0 Å². The summed E-state index contributed by atoms with van der Waals surface area (Å²) in [4.78, 5) is 26.1. The molecule has 10 heteroatoms. The van der Waals surface area contributed by atoms with Gasteiger partial charge in [0.1, 0.15) is 27.0 Å². The molecule has 0 unspecified atom stereocenters. The van der Waals surface area contributed by atoms with Crippen LogP contribution in [0.5, 0.6) is 0 Å². The number of H-pyrrole nitrogens is 1. The fraction of sp³-hybridized carbons (Fsp3) is 0.154. The molecule has 9 nitrogen and oxygen atoms in total. The number of aromatic nitrogens is 4. The van der Waals surface area contributed by atoms with Gasteiger partial charge in [0.05, 0.1) is 22.6 Å². The van der Waals surface area contributed by atoms with E-state index in [1.54, 1.807) is 37.4 Å². The first kappa shape index (κ1) is 23.8. The van der Waals surface area contributed by atoms with Crippen LogP contribution in [0.3, 0.4) is 0 Å². The zero-order valence-electron chi connectivity index (χ0n) is 20.2. The molecule has 0 saturated heterocycles. The van der Waals surface area contributed by atoms with Crippen LogP contribution < -0.4 is 5.32 Å². The summed E-state index contributed by atoms with van der Waals surface area (Å²) in [5.41, 5.74) is 6.17. The highest BCUT2D eigenvalue weighted by Gasteiger charge is 2.16. The van der Waals surface area contributed by atoms with E-state index in [9.17, 15) is 9.59 Å². The number of fused-ring (bicyclic) bond motifs is 1. The topological polar surface area (TPSA) is 108 Å². The van der Waals surface area contributed by atoms with Gasteiger partial charge < -0.3 is 8.43 Å². The second kappa shape index (κ2) is 9.61. The molecule has 2 aromatic carbocycles. The molecule has 0 atom stereocenters. The van der Waals surface area contributed by atoms with Gasteiger partial charge >= 0.3 is 0 Å². The molecule has 2 aromatic heterocycles. The quantitative estimate of drug-likeness (QED) is 0.180. The molecule has 0 spiro atoms. The van der Waals surface area contributed by atoms with Crippen molar-refractivity contribution in [2.24, 2.45) is 10.2 Å². The Bertz CT molecular complexity index is 1610. The van der Waals surface area contributed by atoms with Crippen molar-refractivity contribution in [2.45, 2.75) is 13.8 Å². The largest absolute Gasteiger partial charge is 0.320 e. The second-order valence-electron chi connectivity index (χ2n) is 8.55. The van der Waals surface area contributed by atoms with Crippen molar-refractivity contribution in [3.8, 4) is 0 Å². The second-order valence-corrected chi connectivity index (χ2v) is 11.0. The van der Waals surface area contributed by atoms with Crippen molar-refractivity contribution >= 4 is 55.7 Å². The number of rotatable bonds is 6. The third kappa shape index (κ3) is 4.76. The van der Waals surface area contributed by atoms with Crippen LogP contribution in [0.25, 0.3) is 17.0 Å². The van der Waals surface area contributed by atoms with Crippen LogP contribution in [0.4, 0.5) is 5.69 Å². The monoisotopic (exact) mass is 593 g/mol. The van der Waals surface area contributed by atoms with Gasteiger partial charge in [-0.2, -0.15) is 10.2 Å². The maximum atomic E-state index is 13.3. The molecule has 4 aromatic rings. The number of hydrogen-bond acceptors (Lipinski definition) is 6. The van der Waals surface area contributed by atoms with E-state index in [1.807, 2.05) is 51.4 Å². The van der Waals surface area contributed by atoms with Gasteiger partial charge in [-0.1, -0.05) is 18.2 Å². The molecule has 0 bridgehead atoms. The maximum Gasteiger partial charge on any atom is 0.273 e. The lowest BCUT2D eigenvalue weighted by Crippen LogP contribution is -2.17. The number of ketones is 1. The smallest absolute Gasteiger partial charge is 0.273 e. The first-order valence-corrected chi connectivity index (χ1v) is 13.1. The van der Waals surface area contributed by atoms with Gasteiger partial charge in [-0.25, -0.2) is 3.15 Å². The number of nitrogens with one attached hydrogen (secondary N) is 2. The minimum atomic E-state index is -0.303. The Kier molecular flexibility index (Phi) is 6.35. The van der Waals surface area contributed by atoms with Gasteiger partial charge in [-0.15, -0.1) is 0 Å². The SMILES string of the molecule is Cc1cc(C(=O)Nc2cc(C(=O)c3ccc4c(/C=C/C5=CN(C)I=N5)n[nH]c4c3)ccc2C)n(C)n1. The lowest BCUT2D eigenvalue weighted by molar-refractivity contribution is 0.101. The summed E-state index contributed by atoms with van der Waals surface area (Å²) in [5.74, 6) is -0.419. The number of anilines is 1. The van der Waals surface area contributed by atoms with Crippen LogP contribution in [-0.2, 0) is 7.05 Å². The van der Waals surface area contributed by atoms with Crippen molar-refractivity contribution in [3.63, 3.8) is 0 Å². The molecule has 0 saturated carbocycles. The highest BCUT2D eigenvalue weighted by atomic mass is 127. The number of nitrogens with zero attached hydrogens (tertiary/aromatic N) is 5. The number of carbonyl (C=O) groups is 2. The Morgan fingerprint density at radius 3 is 2.53 bits per heavy atom. The Balaban J connectivity index is 1.38. The summed E-state index contributed by atoms with van der Waals surface area (Å²) in [6, 6.07) is 12.5. The van der Waals surface area contributed by atoms with Crippen LogP contribution in [0.2, 0.25) is 0 Å². The first-order valence-electron chi connectivity index (χ1n) is 11.2. The number of aryl methyl sites for hydroxylation is 3. The zero-order valence-corrected chi connectivity index (χ0v) is 22.4. The van der Waals surface area contributed by atoms with Crippen molar-refractivity contribution in [3.05, 3.63) is 94.2 Å². The van der Waals surface area contributed by atoms with E-state index in [4.69, 9.17) is 0 Å². The molecule has 182 valence electrons. The summed E-state index contributed by atoms with van der Waals surface area (Å²) in [5, 5.41) is 15.5. The van der Waals surface area contributed by atoms with E-state index in [1.165, 1.54) is 4.68 Å². The molecule has 0 aliphatic carbocycles. The van der Waals surface area contributed by atoms with Crippen molar-refractivity contribution in [1.29, 1.82) is 0 Å². The van der Waals surface area contributed by atoms with Crippen LogP contribution in [-0.4, -0.2) is 41.8 Å². The maximum absolute atomic E-state index is 13.3. The van der Waals surface area contributed by atoms with Crippen molar-refractivity contribution in [1.82, 2.24) is 23.1 Å². The lowest BCUT2D eigenvalue weighted by Gasteiger charge is -2.11. The van der Waals surface area contributed by atoms with Crippen LogP contribution >= 0.6 is 21.3 Å². The number of halogens is 1. The number of aromatic amines is 1. The van der Waals surface area contributed by atoms with E-state index < -0.39 is 0 Å². The number of hydrogen-bond donors (Lipinski definition) is 2. The fourth-order valence-electron chi connectivity index (χ4n) is 3.95. The molecule has 3 heterocycles. The highest BCUT2D eigenvalue weighted by molar-refractivity contribution is 14.1. The highest BCUT2D eigenvalue weighted by Crippen LogP contribution is 2.26. The minimum absolute atomic E-state index is 0.141. The van der Waals surface area contributed by atoms with Gasteiger partial charge in [0, 0.05) is 42.5 Å². The van der Waals surface area contributed by atoms with E-state index in [2.05, 4.69) is 26.9 Å². The Hall–Kier alpha value is -3.93. The molecular weight excluding hydrogens is 569 g/mol. The average molecular weight is 593 g/mol. The van der Waals surface area contributed by atoms with E-state index in [0.717, 1.165) is 33.6 Å². The molecule has 36 heavy (non-hydrogen) atoms. The zero-order chi connectivity index (χ0) is 25.4. The van der Waals surface area contributed by atoms with Gasteiger partial charge in [0.2, 0.25) is 0 Å². The predicted molar refractivity (Wildman–Crippen MR) is 148 cm³/mol. The van der Waals surface area contributed by atoms with Crippen LogP contribution in [0, 0.1) is 13.8 Å². The van der Waals surface area contributed by atoms with Crippen LogP contribution in [0.1, 0.15) is 43.4 Å².